The van der Waals surface area contributed by atoms with Gasteiger partial charge in [-0.2, -0.15) is 0 Å². The zero-order chi connectivity index (χ0) is 48.6. The fraction of sp³-hybridized carbons (Fsp3) is 0.619. The molecule has 362 valence electrons. The van der Waals surface area contributed by atoms with Crippen LogP contribution in [-0.2, 0) is 44.8 Å². The van der Waals surface area contributed by atoms with Gasteiger partial charge >= 0.3 is 5.97 Å². The molecular weight excluding hydrogens is 845 g/mol. The maximum absolute atomic E-state index is 14.1. The smallest absolute Gasteiger partial charge is 0.322 e. The van der Waals surface area contributed by atoms with Crippen LogP contribution in [0.1, 0.15) is 85.1 Å². The van der Waals surface area contributed by atoms with Crippen LogP contribution in [0.3, 0.4) is 0 Å². The first-order chi connectivity index (χ1) is 30.7. The molecule has 0 unspecified atom stereocenters. The number of aliphatic carboxylic acids is 1. The summed E-state index contributed by atoms with van der Waals surface area (Å²) in [5, 5.41) is 30.6. The number of nitrogens with two attached hydrogens (primary N) is 4. The highest BCUT2D eigenvalue weighted by Crippen LogP contribution is 2.12. The SMILES string of the molecule is CC(C)C[C@H](NC(=O)[C@H](CCCN=C(N)N)NC(=O)[C@H](CCCN=C(N)N)NC(=O)[C@H](C)NC(=O)[C@@H](NC(=O)[C@@H]1CCCN1)C(C)C)C(=O)N[C@@H](Cc1ccccc1)C(=O)NCC(=O)O. The molecule has 1 aromatic rings. The number of nitrogens with zero attached hydrogens (tertiary/aromatic N) is 2. The number of carbonyl (C=O) groups excluding carboxylic acids is 7. The van der Waals surface area contributed by atoms with Crippen molar-refractivity contribution in [3.05, 3.63) is 35.9 Å². The van der Waals surface area contributed by atoms with Crippen LogP contribution in [0.5, 0.6) is 0 Å². The van der Waals surface area contributed by atoms with Crippen LogP contribution in [0.25, 0.3) is 0 Å². The Labute approximate surface area is 379 Å². The van der Waals surface area contributed by atoms with Gasteiger partial charge in [-0.25, -0.2) is 0 Å². The highest BCUT2D eigenvalue weighted by atomic mass is 16.4. The largest absolute Gasteiger partial charge is 0.480 e. The van der Waals surface area contributed by atoms with Crippen LogP contribution in [0.4, 0.5) is 0 Å². The number of aliphatic imine (C=N–C) groups is 2. The van der Waals surface area contributed by atoms with Crippen LogP contribution in [0.2, 0.25) is 0 Å². The zero-order valence-corrected chi connectivity index (χ0v) is 38.0. The summed E-state index contributed by atoms with van der Waals surface area (Å²) in [7, 11) is 0. The average Bonchev–Trinajstić information content (AvgIpc) is 3.78. The Kier molecular flexibility index (Phi) is 23.8. The van der Waals surface area contributed by atoms with E-state index in [4.69, 9.17) is 28.0 Å². The Morgan fingerprint density at radius 2 is 1.20 bits per heavy atom. The minimum absolute atomic E-state index is 0.00937. The molecule has 0 spiro atoms. The van der Waals surface area contributed by atoms with Gasteiger partial charge in [0.05, 0.1) is 6.04 Å². The maximum Gasteiger partial charge on any atom is 0.322 e. The number of carboxylic acid groups (broad SMARTS) is 1. The molecule has 23 heteroatoms. The zero-order valence-electron chi connectivity index (χ0n) is 38.0. The Hall–Kier alpha value is -6.52. The van der Waals surface area contributed by atoms with Gasteiger partial charge in [-0.05, 0) is 75.8 Å². The number of benzene rings is 1. The molecule has 17 N–H and O–H groups in total. The van der Waals surface area contributed by atoms with E-state index in [2.05, 4.69) is 52.5 Å². The number of rotatable bonds is 28. The molecule has 1 aliphatic rings. The molecule has 1 saturated heterocycles. The van der Waals surface area contributed by atoms with Gasteiger partial charge < -0.3 is 70.6 Å². The lowest BCUT2D eigenvalue weighted by atomic mass is 10.00. The first kappa shape index (κ1) is 54.6. The third kappa shape index (κ3) is 21.1. The predicted octanol–water partition coefficient (Wildman–Crippen LogP) is -3.08. The van der Waals surface area contributed by atoms with E-state index >= 15 is 0 Å². The fourth-order valence-electron chi connectivity index (χ4n) is 6.77. The molecule has 1 aliphatic heterocycles. The predicted molar refractivity (Wildman–Crippen MR) is 243 cm³/mol. The lowest BCUT2D eigenvalue weighted by molar-refractivity contribution is -0.138. The molecule has 1 fully saturated rings. The van der Waals surface area contributed by atoms with E-state index in [1.54, 1.807) is 44.2 Å². The van der Waals surface area contributed by atoms with E-state index in [9.17, 15) is 38.4 Å². The summed E-state index contributed by atoms with van der Waals surface area (Å²) in [6, 6.07) is 1.14. The van der Waals surface area contributed by atoms with Crippen molar-refractivity contribution in [2.75, 3.05) is 26.2 Å². The van der Waals surface area contributed by atoms with E-state index in [0.717, 1.165) is 6.42 Å². The summed E-state index contributed by atoms with van der Waals surface area (Å²) >= 11 is 0. The van der Waals surface area contributed by atoms with Crippen molar-refractivity contribution < 1.29 is 43.5 Å². The van der Waals surface area contributed by atoms with Gasteiger partial charge in [-0.15, -0.1) is 0 Å². The van der Waals surface area contributed by atoms with Crippen molar-refractivity contribution in [3.63, 3.8) is 0 Å². The van der Waals surface area contributed by atoms with Crippen LogP contribution in [0, 0.1) is 11.8 Å². The lowest BCUT2D eigenvalue weighted by Gasteiger charge is -2.28. The number of nitrogens with one attached hydrogen (secondary N) is 8. The molecule has 7 amide bonds. The second-order valence-corrected chi connectivity index (χ2v) is 16.7. The molecule has 0 bridgehead atoms. The summed E-state index contributed by atoms with van der Waals surface area (Å²) in [6.45, 7) is 8.71. The molecular formula is C42H70N14O9. The number of amides is 7. The van der Waals surface area contributed by atoms with E-state index in [0.29, 0.717) is 18.5 Å². The van der Waals surface area contributed by atoms with Crippen LogP contribution >= 0.6 is 0 Å². The molecule has 1 aromatic carbocycles. The highest BCUT2D eigenvalue weighted by molar-refractivity contribution is 5.97. The van der Waals surface area contributed by atoms with Crippen molar-refractivity contribution in [2.45, 2.75) is 128 Å². The summed E-state index contributed by atoms with van der Waals surface area (Å²) in [5.74, 6) is -6.89. The number of guanidine groups is 2. The van der Waals surface area contributed by atoms with Gasteiger partial charge in [0.15, 0.2) is 11.9 Å². The second-order valence-electron chi connectivity index (χ2n) is 16.7. The molecule has 65 heavy (non-hydrogen) atoms. The van der Waals surface area contributed by atoms with Crippen molar-refractivity contribution in [3.8, 4) is 0 Å². The topological polar surface area (TPSA) is 382 Å². The average molecular weight is 915 g/mol. The van der Waals surface area contributed by atoms with Crippen molar-refractivity contribution in [1.82, 2.24) is 42.5 Å². The molecule has 0 aliphatic carbocycles. The molecule has 1 heterocycles. The number of carboxylic acids is 1. The highest BCUT2D eigenvalue weighted by Gasteiger charge is 2.34. The molecule has 0 aromatic heterocycles. The number of hydrogen-bond acceptors (Lipinski definition) is 11. The van der Waals surface area contributed by atoms with Gasteiger partial charge in [0, 0.05) is 19.5 Å². The number of hydrogen-bond donors (Lipinski definition) is 13. The molecule has 2 rings (SSSR count). The normalized spacial score (nSPS) is 16.0. The monoisotopic (exact) mass is 915 g/mol. The molecule has 0 radical (unpaired) electrons. The first-order valence-corrected chi connectivity index (χ1v) is 21.9. The molecule has 7 atom stereocenters. The van der Waals surface area contributed by atoms with Gasteiger partial charge in [-0.3, -0.25) is 48.3 Å². The summed E-state index contributed by atoms with van der Waals surface area (Å²) in [6.07, 6.45) is 1.92. The van der Waals surface area contributed by atoms with E-state index in [1.165, 1.54) is 6.92 Å². The van der Waals surface area contributed by atoms with Gasteiger partial charge in [0.2, 0.25) is 41.4 Å². The third-order valence-electron chi connectivity index (χ3n) is 10.2. The van der Waals surface area contributed by atoms with Gasteiger partial charge in [0.1, 0.15) is 42.8 Å². The molecule has 0 saturated carbocycles. The van der Waals surface area contributed by atoms with Crippen molar-refractivity contribution in [2.24, 2.45) is 44.8 Å². The molecule has 23 nitrogen and oxygen atoms in total. The van der Waals surface area contributed by atoms with E-state index in [1.807, 2.05) is 13.8 Å². The fourth-order valence-corrected chi connectivity index (χ4v) is 6.77. The van der Waals surface area contributed by atoms with Crippen molar-refractivity contribution in [1.29, 1.82) is 0 Å². The van der Waals surface area contributed by atoms with Gasteiger partial charge in [-0.1, -0.05) is 58.0 Å². The van der Waals surface area contributed by atoms with Gasteiger partial charge in [0.25, 0.3) is 0 Å². The lowest BCUT2D eigenvalue weighted by Crippen LogP contribution is -2.60. The maximum atomic E-state index is 14.1. The minimum atomic E-state index is -1.31. The van der Waals surface area contributed by atoms with Crippen LogP contribution in [0.15, 0.2) is 40.3 Å². The van der Waals surface area contributed by atoms with Crippen molar-refractivity contribution >= 4 is 59.2 Å². The van der Waals surface area contributed by atoms with Crippen LogP contribution in [-0.4, -0.2) is 133 Å². The van der Waals surface area contributed by atoms with E-state index in [-0.39, 0.29) is 81.3 Å². The summed E-state index contributed by atoms with van der Waals surface area (Å²) < 4.78 is 0. The summed E-state index contributed by atoms with van der Waals surface area (Å²) in [4.78, 5) is 114. The minimum Gasteiger partial charge on any atom is -0.480 e. The Balaban J connectivity index is 2.35. The van der Waals surface area contributed by atoms with Crippen LogP contribution < -0.4 is 65.5 Å². The number of carbonyl (C=O) groups is 8. The third-order valence-corrected chi connectivity index (χ3v) is 10.2. The standard InChI is InChI=1S/C42H70N14O9/c1-23(2)20-30(39(64)55-31(35(60)50-22-32(57)58)21-26-12-7-6-8-13-26)54-38(63)29(16-11-19-49-42(45)46)53-37(62)28(15-10-18-48-41(43)44)52-34(59)25(5)51-40(65)33(24(3)4)56-36(61)27-14-9-17-47-27/h6-8,12-13,23-25,27-31,33,47H,9-11,14-22H2,1-5H3,(H,50,60)(H,51,65)(H,52,59)(H,53,62)(H,54,63)(H,55,64)(H,56,61)(H,57,58)(H4,43,44,48)(H4,45,46,49)/t25-,27-,28-,29-,30-,31-,33-/m0/s1. The Morgan fingerprint density at radius 1 is 0.677 bits per heavy atom. The second kappa shape index (κ2) is 28.3. The summed E-state index contributed by atoms with van der Waals surface area (Å²) in [5.41, 5.74) is 22.6. The first-order valence-electron chi connectivity index (χ1n) is 21.9. The Bertz CT molecular complexity index is 1810. The van der Waals surface area contributed by atoms with E-state index < -0.39 is 90.3 Å². The quantitative estimate of drug-likeness (QED) is 0.0225. The Morgan fingerprint density at radius 3 is 1.69 bits per heavy atom.